The highest BCUT2D eigenvalue weighted by molar-refractivity contribution is 5.65. The molecule has 0 aliphatic heterocycles. The van der Waals surface area contributed by atoms with Gasteiger partial charge in [0.15, 0.2) is 24.8 Å². The summed E-state index contributed by atoms with van der Waals surface area (Å²) in [5.41, 5.74) is 25.0. The molecule has 4 heteroatoms. The van der Waals surface area contributed by atoms with Crippen LogP contribution in [0.3, 0.4) is 0 Å². The lowest BCUT2D eigenvalue weighted by molar-refractivity contribution is -0.661. The minimum absolute atomic E-state index is 0. The monoisotopic (exact) mass is 1000 g/mol. The van der Waals surface area contributed by atoms with Crippen LogP contribution >= 0.6 is 0 Å². The Kier molecular flexibility index (Phi) is 21.8. The molecule has 0 atom stereocenters. The Hall–Kier alpha value is -6.52. The molecule has 0 bridgehead atoms. The molecule has 0 amide bonds. The van der Waals surface area contributed by atoms with Gasteiger partial charge in [-0.05, 0) is 165 Å². The third-order valence-corrected chi connectivity index (χ3v) is 13.2. The van der Waals surface area contributed by atoms with Gasteiger partial charge >= 0.3 is 0 Å². The van der Waals surface area contributed by atoms with E-state index in [0.717, 1.165) is 46.5 Å². The topological polar surface area (TPSA) is 15.5 Å². The Morgan fingerprint density at radius 1 is 0.338 bits per heavy atom. The summed E-state index contributed by atoms with van der Waals surface area (Å²) < 4.78 is 62.1. The molecule has 0 fully saturated rings. The van der Waals surface area contributed by atoms with Gasteiger partial charge in [-0.25, -0.2) is 18.3 Å². The zero-order valence-corrected chi connectivity index (χ0v) is 45.4. The lowest BCUT2D eigenvalue weighted by Gasteiger charge is -2.08. The van der Waals surface area contributed by atoms with E-state index in [1.807, 2.05) is 55.4 Å². The summed E-state index contributed by atoms with van der Waals surface area (Å²) in [4.78, 5) is 0. The molecule has 0 spiro atoms. The molecule has 0 aliphatic carbocycles. The van der Waals surface area contributed by atoms with Crippen molar-refractivity contribution in [3.8, 4) is 45.0 Å². The SMILES string of the molecule is C.C.C.C.CCc1c[n+](C)c(-c2ccc(C)cc2C)cc1C.CCc1ccc(-c2ccc(C)cc2C)[n+](C)c1.[2H]C([2H])(C)c1c[n+](C)c(-c2ccc(C)cc2C)cc1C.[2H]C([2H])([2H])c1ccc(-c2ccc(C([2H])([2H])C)c[n+]2C)c(C)c1. The van der Waals surface area contributed by atoms with Crippen molar-refractivity contribution in [2.45, 2.75) is 152 Å². The molecule has 0 aliphatic rings. The molecule has 4 heterocycles. The third kappa shape index (κ3) is 16.8. The predicted octanol–water partition coefficient (Wildman–Crippen LogP) is 16.6. The largest absolute Gasteiger partial charge is 0.212 e. The van der Waals surface area contributed by atoms with Crippen molar-refractivity contribution in [1.29, 1.82) is 0 Å². The first kappa shape index (κ1) is 53.8. The molecule has 4 nitrogen and oxygen atoms in total. The van der Waals surface area contributed by atoms with Crippen LogP contribution in [0.5, 0.6) is 0 Å². The zero-order valence-electron chi connectivity index (χ0n) is 52.4. The van der Waals surface area contributed by atoms with Gasteiger partial charge in [0.1, 0.15) is 28.2 Å². The van der Waals surface area contributed by atoms with Crippen molar-refractivity contribution >= 4 is 0 Å². The van der Waals surface area contributed by atoms with E-state index in [9.17, 15) is 0 Å². The van der Waals surface area contributed by atoms with E-state index >= 15 is 0 Å². The van der Waals surface area contributed by atoms with Crippen LogP contribution in [0, 0.1) is 69.2 Å². The maximum atomic E-state index is 7.91. The number of pyridine rings is 4. The van der Waals surface area contributed by atoms with Gasteiger partial charge in [-0.3, -0.25) is 0 Å². The van der Waals surface area contributed by atoms with E-state index < -0.39 is 19.6 Å². The summed E-state index contributed by atoms with van der Waals surface area (Å²) in [6, 6.07) is 37.3. The van der Waals surface area contributed by atoms with E-state index in [4.69, 9.17) is 9.60 Å². The summed E-state index contributed by atoms with van der Waals surface area (Å²) in [5, 5.41) is 0. The van der Waals surface area contributed by atoms with Crippen molar-refractivity contribution in [3.05, 3.63) is 212 Å². The average molecular weight is 1000 g/mol. The number of aromatic nitrogens is 4. The van der Waals surface area contributed by atoms with Gasteiger partial charge in [0.2, 0.25) is 22.8 Å². The molecule has 4 aromatic carbocycles. The molecular weight excluding hydrogens is 897 g/mol. The van der Waals surface area contributed by atoms with Crippen LogP contribution in [-0.2, 0) is 53.8 Å². The predicted molar refractivity (Wildman–Crippen MR) is 324 cm³/mol. The summed E-state index contributed by atoms with van der Waals surface area (Å²) in [6.07, 6.45) is 7.61. The van der Waals surface area contributed by atoms with Crippen molar-refractivity contribution in [3.63, 3.8) is 0 Å². The standard InChI is InChI=1S/2C17H22N.2C16H20N.4CH4/c2*1-6-15-11-18(5)17(10-13(15)3)16-8-7-12(2)9-14(16)4;2*1-5-14-7-9-16(17(4)11-14)15-8-6-12(2)10-13(15)3;;;;/h2*7-11H,6H2,1-5H3;2*6-11H,5H2,1-4H3;4*1H4/q4*+1;;;;/i6D2;;2D3,5D2;;;;;. The maximum absolute atomic E-state index is 7.91. The fraction of sp³-hybridized carbons (Fsp3) is 0.371. The molecule has 0 unspecified atom stereocenters. The van der Waals surface area contributed by atoms with Crippen LogP contribution in [0.15, 0.2) is 134 Å². The van der Waals surface area contributed by atoms with Crippen LogP contribution in [0.4, 0.5) is 0 Å². The zero-order chi connectivity index (χ0) is 57.5. The molecule has 0 saturated carbocycles. The van der Waals surface area contributed by atoms with Gasteiger partial charge in [-0.2, -0.15) is 0 Å². The summed E-state index contributed by atoms with van der Waals surface area (Å²) in [5.74, 6) is 0. The van der Waals surface area contributed by atoms with Crippen molar-refractivity contribution in [2.24, 2.45) is 28.2 Å². The second-order valence-corrected chi connectivity index (χ2v) is 19.0. The van der Waals surface area contributed by atoms with Gasteiger partial charge in [-0.1, -0.05) is 128 Å². The molecular formula is C70H100N4+4. The van der Waals surface area contributed by atoms with Gasteiger partial charge < -0.3 is 0 Å². The lowest BCUT2D eigenvalue weighted by atomic mass is 9.99. The number of rotatable bonds is 8. The molecule has 0 saturated heterocycles. The third-order valence-electron chi connectivity index (χ3n) is 13.2. The minimum atomic E-state index is -2.10. The van der Waals surface area contributed by atoms with Crippen molar-refractivity contribution in [1.82, 2.24) is 0 Å². The van der Waals surface area contributed by atoms with Crippen molar-refractivity contribution < 1.29 is 27.9 Å². The normalized spacial score (nSPS) is 12.0. The number of nitrogens with zero attached hydrogens (tertiary/aromatic N) is 4. The first-order chi connectivity index (χ1) is 35.8. The molecule has 8 aromatic rings. The van der Waals surface area contributed by atoms with Gasteiger partial charge in [-0.15, -0.1) is 0 Å². The highest BCUT2D eigenvalue weighted by Gasteiger charge is 2.18. The summed E-state index contributed by atoms with van der Waals surface area (Å²) in [6.45, 7) is 24.3. The molecule has 8 rings (SSSR count). The number of hydrogen-bond acceptors (Lipinski definition) is 0. The highest BCUT2D eigenvalue weighted by atomic mass is 14.9. The Bertz CT molecular complexity index is 3320. The Morgan fingerprint density at radius 3 is 1.03 bits per heavy atom. The summed E-state index contributed by atoms with van der Waals surface area (Å²) in [7, 11) is 8.09. The van der Waals surface area contributed by atoms with E-state index in [-0.39, 0.29) is 29.7 Å². The van der Waals surface area contributed by atoms with E-state index in [1.165, 1.54) is 85.1 Å². The lowest BCUT2D eigenvalue weighted by Crippen LogP contribution is -2.32. The first-order valence-corrected chi connectivity index (χ1v) is 24.7. The van der Waals surface area contributed by atoms with E-state index in [2.05, 4.69) is 177 Å². The fourth-order valence-corrected chi connectivity index (χ4v) is 9.16. The number of benzene rings is 4. The van der Waals surface area contributed by atoms with E-state index in [0.29, 0.717) is 11.1 Å². The number of aryl methyl sites for hydroxylation is 18. The van der Waals surface area contributed by atoms with Crippen LogP contribution in [0.1, 0.15) is 145 Å². The fourth-order valence-electron chi connectivity index (χ4n) is 9.16. The van der Waals surface area contributed by atoms with Gasteiger partial charge in [0.25, 0.3) is 0 Å². The molecule has 396 valence electrons. The number of hydrogen-bond donors (Lipinski definition) is 0. The van der Waals surface area contributed by atoms with Gasteiger partial charge in [0.05, 0.1) is 0 Å². The second kappa shape index (κ2) is 30.0. The van der Waals surface area contributed by atoms with Crippen molar-refractivity contribution in [2.75, 3.05) is 0 Å². The molecule has 0 N–H and O–H groups in total. The first-order valence-electron chi connectivity index (χ1n) is 28.2. The average Bonchev–Trinajstić information content (AvgIpc) is 3.35. The van der Waals surface area contributed by atoms with Gasteiger partial charge in [0, 0.05) is 78.4 Å². The Morgan fingerprint density at radius 2 is 0.676 bits per heavy atom. The maximum Gasteiger partial charge on any atom is 0.212 e. The summed E-state index contributed by atoms with van der Waals surface area (Å²) >= 11 is 0. The molecule has 74 heavy (non-hydrogen) atoms. The quantitative estimate of drug-likeness (QED) is 0.135. The highest BCUT2D eigenvalue weighted by Crippen LogP contribution is 2.26. The minimum Gasteiger partial charge on any atom is -0.201 e. The van der Waals surface area contributed by atoms with Crippen LogP contribution < -0.4 is 18.3 Å². The Balaban J connectivity index is 0.000000533. The van der Waals surface area contributed by atoms with Crippen LogP contribution in [0.2, 0.25) is 0 Å². The molecule has 0 radical (unpaired) electrons. The van der Waals surface area contributed by atoms with Crippen LogP contribution in [-0.4, -0.2) is 0 Å². The van der Waals surface area contributed by atoms with E-state index in [1.54, 1.807) is 31.3 Å². The van der Waals surface area contributed by atoms with Crippen LogP contribution in [0.25, 0.3) is 45.0 Å². The smallest absolute Gasteiger partial charge is 0.201 e. The Labute approximate surface area is 463 Å². The second-order valence-electron chi connectivity index (χ2n) is 19.0. The molecule has 4 aromatic heterocycles.